The molecule has 0 saturated carbocycles. The number of anilines is 1. The van der Waals surface area contributed by atoms with Gasteiger partial charge in [0.1, 0.15) is 32.3 Å². The van der Waals surface area contributed by atoms with E-state index >= 15 is 0 Å². The highest BCUT2D eigenvalue weighted by atomic mass is 16.6. The zero-order valence-electron chi connectivity index (χ0n) is 19.5. The van der Waals surface area contributed by atoms with Gasteiger partial charge in [0.25, 0.3) is 5.60 Å². The van der Waals surface area contributed by atoms with Crippen molar-refractivity contribution < 1.29 is 48.7 Å². The predicted molar refractivity (Wildman–Crippen MR) is 124 cm³/mol. The highest BCUT2D eigenvalue weighted by molar-refractivity contribution is 5.96. The van der Waals surface area contributed by atoms with Crippen LogP contribution in [0.15, 0.2) is 50.6 Å². The molecule has 0 aromatic carbocycles. The second kappa shape index (κ2) is 11.3. The number of aromatic nitrogens is 4. The van der Waals surface area contributed by atoms with Gasteiger partial charge >= 0.3 is 18.0 Å². The number of carbonyl (C=O) groups is 3. The Hall–Kier alpha value is -4.18. The van der Waals surface area contributed by atoms with Crippen LogP contribution in [-0.2, 0) is 28.5 Å². The van der Waals surface area contributed by atoms with Gasteiger partial charge in [-0.3, -0.25) is 9.88 Å². The number of aliphatic hydroxyl groups is 3. The maximum Gasteiger partial charge on any atom is 0.413 e. The molecule has 1 saturated heterocycles. The minimum atomic E-state index is -3.18. The Morgan fingerprint density at radius 2 is 1.59 bits per heavy atom. The SMILES string of the molecule is C=CCOC(=O)Nc1ncnc2c1ncn2[C@@H]1O[C@H](CO)[C@](O)(C(=O)OCC=C)[C@]1(O)C(=O)OCC=C. The number of carbonyl (C=O) groups excluding carboxylic acids is 3. The second-order valence-corrected chi connectivity index (χ2v) is 7.53. The average Bonchev–Trinajstić information content (AvgIpc) is 3.42. The number of imidazole rings is 1. The zero-order chi connectivity index (χ0) is 27.2. The summed E-state index contributed by atoms with van der Waals surface area (Å²) >= 11 is 0. The maximum atomic E-state index is 13.1. The van der Waals surface area contributed by atoms with Crippen LogP contribution in [0.4, 0.5) is 10.6 Å². The van der Waals surface area contributed by atoms with Gasteiger partial charge < -0.3 is 34.3 Å². The van der Waals surface area contributed by atoms with Crippen molar-refractivity contribution >= 4 is 35.0 Å². The van der Waals surface area contributed by atoms with Crippen molar-refractivity contribution in [2.45, 2.75) is 23.5 Å². The van der Waals surface area contributed by atoms with Gasteiger partial charge in [-0.05, 0) is 0 Å². The first-order chi connectivity index (χ1) is 17.7. The number of aliphatic hydroxyl groups excluding tert-OH is 1. The topological polar surface area (TPSA) is 204 Å². The maximum absolute atomic E-state index is 13.1. The Kier molecular flexibility index (Phi) is 8.34. The number of nitrogens with one attached hydrogen (secondary N) is 1. The molecular formula is C22H25N5O10. The molecule has 3 rings (SSSR count). The third-order valence-corrected chi connectivity index (χ3v) is 5.31. The predicted octanol–water partition coefficient (Wildman–Crippen LogP) is -0.629. The largest absolute Gasteiger partial charge is 0.459 e. The molecule has 1 fully saturated rings. The van der Waals surface area contributed by atoms with Crippen molar-refractivity contribution in [1.82, 2.24) is 19.5 Å². The van der Waals surface area contributed by atoms with Gasteiger partial charge in [-0.2, -0.15) is 0 Å². The molecule has 2 aromatic heterocycles. The lowest BCUT2D eigenvalue weighted by molar-refractivity contribution is -0.213. The van der Waals surface area contributed by atoms with Crippen molar-refractivity contribution in [3.8, 4) is 0 Å². The first-order valence-electron chi connectivity index (χ1n) is 10.7. The van der Waals surface area contributed by atoms with E-state index in [0.29, 0.717) is 0 Å². The normalized spacial score (nSPS) is 24.7. The Morgan fingerprint density at radius 3 is 2.19 bits per heavy atom. The standard InChI is InChI=1S/C22H25N5O10/c1-4-7-34-18(29)21(32)13(10-28)37-17(22(21,33)19(30)35-8-5-2)27-12-25-14-15(23-11-24-16(14)27)26-20(31)36-9-6-3/h4-6,11-13,17,28,32-33H,1-3,7-10H2,(H,23,24,26,31)/t13-,17-,21+,22-/m1/s1. The molecule has 0 radical (unpaired) electrons. The third kappa shape index (κ3) is 4.67. The fraction of sp³-hybridized carbons (Fsp3) is 0.364. The van der Waals surface area contributed by atoms with E-state index in [1.165, 1.54) is 18.2 Å². The number of hydrogen-bond donors (Lipinski definition) is 4. The monoisotopic (exact) mass is 519 g/mol. The number of hydrogen-bond acceptors (Lipinski definition) is 13. The van der Waals surface area contributed by atoms with E-state index in [0.717, 1.165) is 17.2 Å². The molecule has 0 spiro atoms. The van der Waals surface area contributed by atoms with Crippen LogP contribution in [-0.4, -0.2) is 96.6 Å². The number of fused-ring (bicyclic) bond motifs is 1. The van der Waals surface area contributed by atoms with E-state index in [1.807, 2.05) is 0 Å². The summed E-state index contributed by atoms with van der Waals surface area (Å²) in [7, 11) is 0. The minimum Gasteiger partial charge on any atom is -0.459 e. The lowest BCUT2D eigenvalue weighted by Crippen LogP contribution is -2.68. The molecule has 2 aromatic rings. The summed E-state index contributed by atoms with van der Waals surface area (Å²) in [5.74, 6) is -3.08. The quantitative estimate of drug-likeness (QED) is 0.166. The molecule has 3 heterocycles. The van der Waals surface area contributed by atoms with Crippen LogP contribution in [0.5, 0.6) is 0 Å². The first kappa shape index (κ1) is 27.4. The lowest BCUT2D eigenvalue weighted by Gasteiger charge is -2.36. The van der Waals surface area contributed by atoms with Gasteiger partial charge in [0.2, 0.25) is 5.60 Å². The highest BCUT2D eigenvalue weighted by Crippen LogP contribution is 2.48. The van der Waals surface area contributed by atoms with Crippen LogP contribution in [0.1, 0.15) is 6.23 Å². The molecule has 1 aliphatic rings. The van der Waals surface area contributed by atoms with Crippen molar-refractivity contribution in [2.24, 2.45) is 0 Å². The fourth-order valence-electron chi connectivity index (χ4n) is 3.64. The molecule has 0 unspecified atom stereocenters. The molecule has 37 heavy (non-hydrogen) atoms. The molecule has 1 amide bonds. The van der Waals surface area contributed by atoms with Crippen LogP contribution in [0.3, 0.4) is 0 Å². The van der Waals surface area contributed by atoms with Crippen molar-refractivity contribution in [2.75, 3.05) is 31.7 Å². The van der Waals surface area contributed by atoms with Gasteiger partial charge in [0.15, 0.2) is 23.2 Å². The summed E-state index contributed by atoms with van der Waals surface area (Å²) in [6.45, 7) is 8.35. The smallest absolute Gasteiger partial charge is 0.413 e. The Morgan fingerprint density at radius 1 is 1.00 bits per heavy atom. The number of amides is 1. The van der Waals surface area contributed by atoms with Crippen molar-refractivity contribution in [3.05, 3.63) is 50.6 Å². The molecule has 4 N–H and O–H groups in total. The fourth-order valence-corrected chi connectivity index (χ4v) is 3.64. The molecule has 198 valence electrons. The van der Waals surface area contributed by atoms with Crippen LogP contribution in [0.25, 0.3) is 11.2 Å². The van der Waals surface area contributed by atoms with Gasteiger partial charge in [-0.25, -0.2) is 29.3 Å². The van der Waals surface area contributed by atoms with Gasteiger partial charge in [-0.15, -0.1) is 0 Å². The van der Waals surface area contributed by atoms with Crippen LogP contribution < -0.4 is 5.32 Å². The molecule has 1 aliphatic heterocycles. The van der Waals surface area contributed by atoms with Gasteiger partial charge in [0, 0.05) is 0 Å². The second-order valence-electron chi connectivity index (χ2n) is 7.53. The Bertz CT molecular complexity index is 1220. The van der Waals surface area contributed by atoms with Crippen LogP contribution in [0.2, 0.25) is 0 Å². The third-order valence-electron chi connectivity index (χ3n) is 5.31. The summed E-state index contributed by atoms with van der Waals surface area (Å²) < 4.78 is 21.3. The summed E-state index contributed by atoms with van der Waals surface area (Å²) in [5, 5.41) is 35.3. The summed E-state index contributed by atoms with van der Waals surface area (Å²) in [6.07, 6.45) is 1.14. The molecular weight excluding hydrogens is 494 g/mol. The molecule has 15 nitrogen and oxygen atoms in total. The average molecular weight is 519 g/mol. The van der Waals surface area contributed by atoms with Crippen molar-refractivity contribution in [1.29, 1.82) is 0 Å². The van der Waals surface area contributed by atoms with E-state index in [9.17, 15) is 29.7 Å². The van der Waals surface area contributed by atoms with Crippen molar-refractivity contribution in [3.63, 3.8) is 0 Å². The minimum absolute atomic E-state index is 0.0336. The molecule has 0 aliphatic carbocycles. The summed E-state index contributed by atoms with van der Waals surface area (Å²) in [4.78, 5) is 50.1. The van der Waals surface area contributed by atoms with E-state index in [1.54, 1.807) is 0 Å². The van der Waals surface area contributed by atoms with E-state index in [-0.39, 0.29) is 30.2 Å². The number of esters is 2. The Labute approximate surface area is 209 Å². The Balaban J connectivity index is 2.13. The number of rotatable bonds is 11. The molecule has 15 heteroatoms. The van der Waals surface area contributed by atoms with E-state index in [4.69, 9.17) is 18.9 Å². The zero-order valence-corrected chi connectivity index (χ0v) is 19.5. The van der Waals surface area contributed by atoms with Gasteiger partial charge in [0.05, 0.1) is 12.9 Å². The first-order valence-corrected chi connectivity index (χ1v) is 10.7. The van der Waals surface area contributed by atoms with Gasteiger partial charge in [-0.1, -0.05) is 38.0 Å². The lowest BCUT2D eigenvalue weighted by atomic mass is 9.79. The van der Waals surface area contributed by atoms with E-state index < -0.39 is 54.8 Å². The van der Waals surface area contributed by atoms with Crippen LogP contribution in [0, 0.1) is 0 Å². The summed E-state index contributed by atoms with van der Waals surface area (Å²) in [5.41, 5.74) is -6.47. The molecule has 0 bridgehead atoms. The molecule has 4 atom stereocenters. The highest BCUT2D eigenvalue weighted by Gasteiger charge is 2.76. The van der Waals surface area contributed by atoms with E-state index in [2.05, 4.69) is 40.0 Å². The number of ether oxygens (including phenoxy) is 4. The van der Waals surface area contributed by atoms with Crippen LogP contribution >= 0.6 is 0 Å². The summed E-state index contributed by atoms with van der Waals surface area (Å²) in [6, 6.07) is 0. The number of nitrogens with zero attached hydrogens (tertiary/aromatic N) is 4.